The summed E-state index contributed by atoms with van der Waals surface area (Å²) in [6.07, 6.45) is 1.40. The van der Waals surface area contributed by atoms with Gasteiger partial charge in [-0.1, -0.05) is 31.2 Å². The van der Waals surface area contributed by atoms with Crippen molar-refractivity contribution in [3.63, 3.8) is 0 Å². The van der Waals surface area contributed by atoms with Gasteiger partial charge in [0.2, 0.25) is 0 Å². The minimum absolute atomic E-state index is 0.110. The summed E-state index contributed by atoms with van der Waals surface area (Å²) < 4.78 is 0. The topological polar surface area (TPSA) is 49.4 Å². The van der Waals surface area contributed by atoms with Crippen LogP contribution < -0.4 is 5.32 Å². The second-order valence-electron chi connectivity index (χ2n) is 5.32. The van der Waals surface area contributed by atoms with Gasteiger partial charge in [0.1, 0.15) is 0 Å². The number of hydrogen-bond acceptors (Lipinski definition) is 4. The van der Waals surface area contributed by atoms with Crippen molar-refractivity contribution in [2.24, 2.45) is 0 Å². The Labute approximate surface area is 120 Å². The standard InChI is InChI=1S/C16H22N2O2/c1-3-4-15(19)12-5-7-13(8-6-12)16(20)14-11-17-9-10-18(14)2/h5-8,14,17H,3-4,9-11H2,1-2H3. The van der Waals surface area contributed by atoms with E-state index in [-0.39, 0.29) is 17.6 Å². The molecule has 1 aromatic carbocycles. The first-order valence-electron chi connectivity index (χ1n) is 7.22. The summed E-state index contributed by atoms with van der Waals surface area (Å²) in [5, 5.41) is 3.25. The lowest BCUT2D eigenvalue weighted by Gasteiger charge is -2.31. The van der Waals surface area contributed by atoms with Crippen LogP contribution in [-0.4, -0.2) is 49.2 Å². The molecule has 1 aliphatic rings. The summed E-state index contributed by atoms with van der Waals surface area (Å²) in [6.45, 7) is 4.47. The Kier molecular flexibility index (Phi) is 5.04. The van der Waals surface area contributed by atoms with Gasteiger partial charge in [-0.2, -0.15) is 0 Å². The van der Waals surface area contributed by atoms with Crippen LogP contribution in [0.15, 0.2) is 24.3 Å². The number of likely N-dealkylation sites (N-methyl/N-ethyl adjacent to an activating group) is 1. The molecule has 2 rings (SSSR count). The quantitative estimate of drug-likeness (QED) is 0.831. The zero-order valence-corrected chi connectivity index (χ0v) is 12.2. The van der Waals surface area contributed by atoms with Crippen LogP contribution in [-0.2, 0) is 0 Å². The van der Waals surface area contributed by atoms with E-state index in [1.807, 2.05) is 14.0 Å². The van der Waals surface area contributed by atoms with E-state index in [0.29, 0.717) is 24.1 Å². The van der Waals surface area contributed by atoms with Crippen LogP contribution in [0.5, 0.6) is 0 Å². The minimum Gasteiger partial charge on any atom is -0.313 e. The fourth-order valence-electron chi connectivity index (χ4n) is 2.48. The highest BCUT2D eigenvalue weighted by Gasteiger charge is 2.26. The van der Waals surface area contributed by atoms with Crippen molar-refractivity contribution in [3.05, 3.63) is 35.4 Å². The van der Waals surface area contributed by atoms with Crippen LogP contribution in [0.3, 0.4) is 0 Å². The fourth-order valence-corrected chi connectivity index (χ4v) is 2.48. The molecule has 1 N–H and O–H groups in total. The van der Waals surface area contributed by atoms with E-state index in [1.165, 1.54) is 0 Å². The molecule has 0 radical (unpaired) electrons. The number of rotatable bonds is 5. The normalized spacial score (nSPS) is 19.8. The van der Waals surface area contributed by atoms with Gasteiger partial charge in [-0.3, -0.25) is 14.5 Å². The Bertz CT molecular complexity index is 482. The maximum absolute atomic E-state index is 12.5. The summed E-state index contributed by atoms with van der Waals surface area (Å²) in [5.41, 5.74) is 1.37. The monoisotopic (exact) mass is 274 g/mol. The number of nitrogens with zero attached hydrogens (tertiary/aromatic N) is 1. The fraction of sp³-hybridized carbons (Fsp3) is 0.500. The highest BCUT2D eigenvalue weighted by Crippen LogP contribution is 2.13. The van der Waals surface area contributed by atoms with Gasteiger partial charge in [-0.05, 0) is 13.5 Å². The van der Waals surface area contributed by atoms with Crippen LogP contribution in [0.4, 0.5) is 0 Å². The molecule has 20 heavy (non-hydrogen) atoms. The second kappa shape index (κ2) is 6.77. The van der Waals surface area contributed by atoms with Crippen molar-refractivity contribution in [3.8, 4) is 0 Å². The van der Waals surface area contributed by atoms with Gasteiger partial charge in [0.15, 0.2) is 11.6 Å². The molecule has 1 aromatic rings. The number of benzene rings is 1. The first kappa shape index (κ1) is 14.9. The number of hydrogen-bond donors (Lipinski definition) is 1. The summed E-state index contributed by atoms with van der Waals surface area (Å²) in [4.78, 5) is 26.3. The van der Waals surface area contributed by atoms with Gasteiger partial charge >= 0.3 is 0 Å². The lowest BCUT2D eigenvalue weighted by Crippen LogP contribution is -2.53. The molecule has 0 bridgehead atoms. The van der Waals surface area contributed by atoms with Crippen LogP contribution in [0, 0.1) is 0 Å². The SMILES string of the molecule is CCCC(=O)c1ccc(C(=O)C2CNCCN2C)cc1. The Morgan fingerprint density at radius 2 is 1.90 bits per heavy atom. The van der Waals surface area contributed by atoms with Crippen molar-refractivity contribution < 1.29 is 9.59 Å². The summed E-state index contributed by atoms with van der Waals surface area (Å²) in [7, 11) is 1.97. The van der Waals surface area contributed by atoms with Crippen LogP contribution in [0.2, 0.25) is 0 Å². The maximum Gasteiger partial charge on any atom is 0.181 e. The minimum atomic E-state index is -0.110. The molecule has 0 spiro atoms. The van der Waals surface area contributed by atoms with Gasteiger partial charge in [0.25, 0.3) is 0 Å². The number of ketones is 2. The third kappa shape index (κ3) is 3.32. The molecule has 1 fully saturated rings. The van der Waals surface area contributed by atoms with Gasteiger partial charge in [0, 0.05) is 37.2 Å². The predicted octanol–water partition coefficient (Wildman–Crippen LogP) is 1.76. The van der Waals surface area contributed by atoms with Crippen molar-refractivity contribution in [1.29, 1.82) is 0 Å². The zero-order chi connectivity index (χ0) is 14.5. The highest BCUT2D eigenvalue weighted by molar-refractivity contribution is 6.02. The Balaban J connectivity index is 2.09. The summed E-state index contributed by atoms with van der Waals surface area (Å²) >= 11 is 0. The van der Waals surface area contributed by atoms with E-state index in [4.69, 9.17) is 0 Å². The van der Waals surface area contributed by atoms with Gasteiger partial charge in [-0.15, -0.1) is 0 Å². The van der Waals surface area contributed by atoms with E-state index in [9.17, 15) is 9.59 Å². The van der Waals surface area contributed by atoms with E-state index in [1.54, 1.807) is 24.3 Å². The van der Waals surface area contributed by atoms with Crippen molar-refractivity contribution in [2.75, 3.05) is 26.7 Å². The number of carbonyl (C=O) groups is 2. The van der Waals surface area contributed by atoms with Crippen molar-refractivity contribution >= 4 is 11.6 Å². The van der Waals surface area contributed by atoms with Crippen molar-refractivity contribution in [2.45, 2.75) is 25.8 Å². The second-order valence-corrected chi connectivity index (χ2v) is 5.32. The Morgan fingerprint density at radius 3 is 2.50 bits per heavy atom. The van der Waals surface area contributed by atoms with Gasteiger partial charge < -0.3 is 5.32 Å². The number of Topliss-reactive ketones (excluding diaryl/α,β-unsaturated/α-hetero) is 2. The molecule has 1 saturated heterocycles. The molecule has 0 aliphatic carbocycles. The van der Waals surface area contributed by atoms with Crippen LogP contribution in [0.25, 0.3) is 0 Å². The average Bonchev–Trinajstić information content (AvgIpc) is 2.47. The van der Waals surface area contributed by atoms with Crippen molar-refractivity contribution in [1.82, 2.24) is 10.2 Å². The van der Waals surface area contributed by atoms with Crippen LogP contribution >= 0.6 is 0 Å². The molecule has 4 nitrogen and oxygen atoms in total. The molecule has 0 aromatic heterocycles. The van der Waals surface area contributed by atoms with Gasteiger partial charge in [-0.25, -0.2) is 0 Å². The average molecular weight is 274 g/mol. The van der Waals surface area contributed by atoms with Gasteiger partial charge in [0.05, 0.1) is 6.04 Å². The lowest BCUT2D eigenvalue weighted by atomic mass is 9.99. The maximum atomic E-state index is 12.5. The van der Waals surface area contributed by atoms with E-state index in [0.717, 1.165) is 19.5 Å². The Hall–Kier alpha value is -1.52. The van der Waals surface area contributed by atoms with Crippen LogP contribution in [0.1, 0.15) is 40.5 Å². The third-order valence-corrected chi connectivity index (χ3v) is 3.78. The molecule has 1 atom stereocenters. The largest absolute Gasteiger partial charge is 0.313 e. The first-order valence-corrected chi connectivity index (χ1v) is 7.22. The molecular formula is C16H22N2O2. The molecule has 4 heteroatoms. The molecule has 1 aliphatic heterocycles. The first-order chi connectivity index (χ1) is 9.63. The lowest BCUT2D eigenvalue weighted by molar-refractivity contribution is 0.0818. The Morgan fingerprint density at radius 1 is 1.25 bits per heavy atom. The molecule has 108 valence electrons. The molecule has 0 saturated carbocycles. The predicted molar refractivity (Wildman–Crippen MR) is 79.3 cm³/mol. The number of piperazine rings is 1. The third-order valence-electron chi connectivity index (χ3n) is 3.78. The van der Waals surface area contributed by atoms with E-state index >= 15 is 0 Å². The molecular weight excluding hydrogens is 252 g/mol. The van der Waals surface area contributed by atoms with E-state index < -0.39 is 0 Å². The zero-order valence-electron chi connectivity index (χ0n) is 12.2. The number of nitrogens with one attached hydrogen (secondary N) is 1. The molecule has 0 amide bonds. The summed E-state index contributed by atoms with van der Waals surface area (Å²) in [5.74, 6) is 0.261. The number of carbonyl (C=O) groups excluding carboxylic acids is 2. The smallest absolute Gasteiger partial charge is 0.181 e. The molecule has 1 heterocycles. The molecule has 1 unspecified atom stereocenters. The summed E-state index contributed by atoms with van der Waals surface area (Å²) in [6, 6.07) is 6.96. The van der Waals surface area contributed by atoms with E-state index in [2.05, 4.69) is 10.2 Å². The highest BCUT2D eigenvalue weighted by atomic mass is 16.1.